The van der Waals surface area contributed by atoms with E-state index in [0.29, 0.717) is 11.1 Å². The van der Waals surface area contributed by atoms with E-state index in [1.165, 1.54) is 6.20 Å². The highest BCUT2D eigenvalue weighted by molar-refractivity contribution is 6.16. The van der Waals surface area contributed by atoms with E-state index in [1.807, 2.05) is 18.2 Å². The molecule has 2 aromatic heterocycles. The fraction of sp³-hybridized carbons (Fsp3) is 0.0769. The molecule has 0 aliphatic rings. The number of rotatable bonds is 3. The molecular formula is C13H11N3O2. The normalized spacial score (nSPS) is 10.7. The molecule has 0 bridgehead atoms. The zero-order chi connectivity index (χ0) is 12.5. The number of methoxy groups -OCH3 is 1. The standard InChI is InChI=1S/C13H11N3O2/c1-18-9-2-3-12-10(4-9)11(7-14-12)13(17)8-5-15-16-6-8/h2-7,14H,1H3,(H,15,16). The number of nitrogens with one attached hydrogen (secondary N) is 2. The van der Waals surface area contributed by atoms with E-state index < -0.39 is 0 Å². The van der Waals surface area contributed by atoms with Crippen molar-refractivity contribution in [2.75, 3.05) is 7.11 Å². The fourth-order valence-electron chi connectivity index (χ4n) is 1.95. The van der Waals surface area contributed by atoms with Crippen LogP contribution < -0.4 is 4.74 Å². The third-order valence-corrected chi connectivity index (χ3v) is 2.89. The van der Waals surface area contributed by atoms with Gasteiger partial charge in [0, 0.05) is 28.9 Å². The van der Waals surface area contributed by atoms with Crippen LogP contribution in [0.5, 0.6) is 5.75 Å². The Labute approximate surface area is 103 Å². The first-order valence-corrected chi connectivity index (χ1v) is 5.48. The molecule has 2 N–H and O–H groups in total. The number of hydrogen-bond donors (Lipinski definition) is 2. The van der Waals surface area contributed by atoms with Crippen molar-refractivity contribution in [3.8, 4) is 5.75 Å². The Morgan fingerprint density at radius 1 is 1.33 bits per heavy atom. The number of nitrogens with zero attached hydrogens (tertiary/aromatic N) is 1. The third-order valence-electron chi connectivity index (χ3n) is 2.89. The first-order valence-electron chi connectivity index (χ1n) is 5.48. The van der Waals surface area contributed by atoms with E-state index in [-0.39, 0.29) is 5.78 Å². The Morgan fingerprint density at radius 3 is 2.94 bits per heavy atom. The zero-order valence-corrected chi connectivity index (χ0v) is 9.73. The highest BCUT2D eigenvalue weighted by Gasteiger charge is 2.15. The van der Waals surface area contributed by atoms with Gasteiger partial charge in [0.2, 0.25) is 0 Å². The molecule has 2 heterocycles. The van der Waals surface area contributed by atoms with E-state index in [9.17, 15) is 4.79 Å². The van der Waals surface area contributed by atoms with Gasteiger partial charge in [-0.1, -0.05) is 0 Å². The van der Waals surface area contributed by atoms with Gasteiger partial charge in [0.15, 0.2) is 5.78 Å². The summed E-state index contributed by atoms with van der Waals surface area (Å²) in [6.45, 7) is 0. The summed E-state index contributed by atoms with van der Waals surface area (Å²) in [5.41, 5.74) is 2.06. The predicted molar refractivity (Wildman–Crippen MR) is 66.9 cm³/mol. The van der Waals surface area contributed by atoms with Gasteiger partial charge in [0.25, 0.3) is 0 Å². The summed E-state index contributed by atoms with van der Waals surface area (Å²) in [6.07, 6.45) is 4.81. The summed E-state index contributed by atoms with van der Waals surface area (Å²) in [5.74, 6) is 0.659. The maximum Gasteiger partial charge on any atom is 0.198 e. The third kappa shape index (κ3) is 1.57. The Balaban J connectivity index is 2.14. The van der Waals surface area contributed by atoms with E-state index in [1.54, 1.807) is 19.5 Å². The summed E-state index contributed by atoms with van der Waals surface area (Å²) in [5, 5.41) is 7.27. The molecule has 1 aromatic carbocycles. The molecule has 5 nitrogen and oxygen atoms in total. The summed E-state index contributed by atoms with van der Waals surface area (Å²) >= 11 is 0. The number of fused-ring (bicyclic) bond motifs is 1. The number of aromatic amines is 2. The topological polar surface area (TPSA) is 70.8 Å². The van der Waals surface area contributed by atoms with Crippen LogP contribution in [0.1, 0.15) is 15.9 Å². The van der Waals surface area contributed by atoms with Gasteiger partial charge < -0.3 is 9.72 Å². The number of benzene rings is 1. The molecule has 0 atom stereocenters. The van der Waals surface area contributed by atoms with Gasteiger partial charge in [0.05, 0.1) is 18.9 Å². The van der Waals surface area contributed by atoms with Crippen LogP contribution in [-0.2, 0) is 0 Å². The lowest BCUT2D eigenvalue weighted by Gasteiger charge is -2.00. The highest BCUT2D eigenvalue weighted by Crippen LogP contribution is 2.25. The Bertz CT molecular complexity index is 698. The molecule has 3 rings (SSSR count). The molecule has 0 saturated carbocycles. The van der Waals surface area contributed by atoms with Crippen LogP contribution >= 0.6 is 0 Å². The van der Waals surface area contributed by atoms with Gasteiger partial charge >= 0.3 is 0 Å². The fourth-order valence-corrected chi connectivity index (χ4v) is 1.95. The van der Waals surface area contributed by atoms with E-state index in [0.717, 1.165) is 16.7 Å². The minimum Gasteiger partial charge on any atom is -0.497 e. The average molecular weight is 241 g/mol. The second-order valence-electron chi connectivity index (χ2n) is 3.93. The van der Waals surface area contributed by atoms with Gasteiger partial charge in [-0.25, -0.2) is 0 Å². The maximum absolute atomic E-state index is 12.3. The number of ether oxygens (including phenoxy) is 1. The number of aromatic nitrogens is 3. The molecular weight excluding hydrogens is 230 g/mol. The molecule has 0 aliphatic heterocycles. The summed E-state index contributed by atoms with van der Waals surface area (Å²) in [6, 6.07) is 5.59. The van der Waals surface area contributed by atoms with E-state index in [4.69, 9.17) is 4.74 Å². The molecule has 18 heavy (non-hydrogen) atoms. The number of H-pyrrole nitrogens is 2. The molecule has 0 aliphatic carbocycles. The lowest BCUT2D eigenvalue weighted by Crippen LogP contribution is -1.98. The molecule has 0 saturated heterocycles. The molecule has 0 amide bonds. The Kier molecular flexibility index (Phi) is 2.37. The van der Waals surface area contributed by atoms with Crippen LogP contribution in [0.25, 0.3) is 10.9 Å². The number of carbonyl (C=O) groups is 1. The van der Waals surface area contributed by atoms with Crippen LogP contribution in [0.2, 0.25) is 0 Å². The first kappa shape index (κ1) is 10.6. The second kappa shape index (κ2) is 4.03. The van der Waals surface area contributed by atoms with Crippen molar-refractivity contribution < 1.29 is 9.53 Å². The zero-order valence-electron chi connectivity index (χ0n) is 9.73. The Morgan fingerprint density at radius 2 is 2.22 bits per heavy atom. The second-order valence-corrected chi connectivity index (χ2v) is 3.93. The largest absolute Gasteiger partial charge is 0.497 e. The molecule has 0 unspecified atom stereocenters. The van der Waals surface area contributed by atoms with Crippen molar-refractivity contribution in [1.82, 2.24) is 15.2 Å². The van der Waals surface area contributed by atoms with Gasteiger partial charge in [-0.05, 0) is 18.2 Å². The number of carbonyl (C=O) groups excluding carboxylic acids is 1. The van der Waals surface area contributed by atoms with Crippen LogP contribution in [0.3, 0.4) is 0 Å². The van der Waals surface area contributed by atoms with Crippen molar-refractivity contribution in [1.29, 1.82) is 0 Å². The van der Waals surface area contributed by atoms with Crippen molar-refractivity contribution in [2.45, 2.75) is 0 Å². The molecule has 0 spiro atoms. The smallest absolute Gasteiger partial charge is 0.198 e. The summed E-state index contributed by atoms with van der Waals surface area (Å²) in [4.78, 5) is 15.3. The lowest BCUT2D eigenvalue weighted by atomic mass is 10.1. The van der Waals surface area contributed by atoms with Crippen LogP contribution in [-0.4, -0.2) is 28.1 Å². The SMILES string of the molecule is COc1ccc2[nH]cc(C(=O)c3cn[nH]c3)c2c1. The number of ketones is 1. The van der Waals surface area contributed by atoms with Crippen LogP contribution in [0, 0.1) is 0 Å². The Hall–Kier alpha value is -2.56. The van der Waals surface area contributed by atoms with E-state index >= 15 is 0 Å². The summed E-state index contributed by atoms with van der Waals surface area (Å²) < 4.78 is 5.17. The molecule has 90 valence electrons. The summed E-state index contributed by atoms with van der Waals surface area (Å²) in [7, 11) is 1.60. The van der Waals surface area contributed by atoms with Crippen molar-refractivity contribution in [3.63, 3.8) is 0 Å². The van der Waals surface area contributed by atoms with Gasteiger partial charge in [-0.2, -0.15) is 5.10 Å². The van der Waals surface area contributed by atoms with E-state index in [2.05, 4.69) is 15.2 Å². The maximum atomic E-state index is 12.3. The first-order chi connectivity index (χ1) is 8.79. The van der Waals surface area contributed by atoms with Crippen LogP contribution in [0.15, 0.2) is 36.8 Å². The number of hydrogen-bond acceptors (Lipinski definition) is 3. The average Bonchev–Trinajstić information content (AvgIpc) is 3.06. The predicted octanol–water partition coefficient (Wildman–Crippen LogP) is 2.13. The lowest BCUT2D eigenvalue weighted by molar-refractivity contribution is 0.104. The minimum atomic E-state index is -0.0664. The van der Waals surface area contributed by atoms with Crippen molar-refractivity contribution >= 4 is 16.7 Å². The molecule has 3 aromatic rings. The molecule has 0 radical (unpaired) electrons. The van der Waals surface area contributed by atoms with Crippen molar-refractivity contribution in [2.24, 2.45) is 0 Å². The molecule has 0 fully saturated rings. The monoisotopic (exact) mass is 241 g/mol. The quantitative estimate of drug-likeness (QED) is 0.690. The van der Waals surface area contributed by atoms with Gasteiger partial charge in [-0.3, -0.25) is 9.89 Å². The van der Waals surface area contributed by atoms with Crippen LogP contribution in [0.4, 0.5) is 0 Å². The molecule has 5 heteroatoms. The van der Waals surface area contributed by atoms with Crippen molar-refractivity contribution in [3.05, 3.63) is 47.9 Å². The highest BCUT2D eigenvalue weighted by atomic mass is 16.5. The van der Waals surface area contributed by atoms with Gasteiger partial charge in [0.1, 0.15) is 5.75 Å². The minimum absolute atomic E-state index is 0.0664. The van der Waals surface area contributed by atoms with Gasteiger partial charge in [-0.15, -0.1) is 0 Å².